The van der Waals surface area contributed by atoms with Gasteiger partial charge in [0.05, 0.1) is 19.1 Å². The molecule has 100 valence electrons. The number of hydrogen-bond acceptors (Lipinski definition) is 4. The lowest BCUT2D eigenvalue weighted by Gasteiger charge is -2.33. The maximum Gasteiger partial charge on any atom is 0.243 e. The number of ketones is 1. The molecule has 1 aliphatic carbocycles. The molecule has 2 amide bonds. The Labute approximate surface area is 107 Å². The second kappa shape index (κ2) is 5.61. The molecule has 1 unspecified atom stereocenters. The van der Waals surface area contributed by atoms with Crippen LogP contribution in [0.2, 0.25) is 0 Å². The normalized spacial score (nSPS) is 26.4. The van der Waals surface area contributed by atoms with E-state index in [-0.39, 0.29) is 42.6 Å². The zero-order valence-electron chi connectivity index (χ0n) is 10.8. The molecule has 2 fully saturated rings. The summed E-state index contributed by atoms with van der Waals surface area (Å²) in [6.07, 6.45) is 4.78. The van der Waals surface area contributed by atoms with E-state index in [0.717, 1.165) is 25.7 Å². The second-order valence-electron chi connectivity index (χ2n) is 5.19. The Bertz CT molecular complexity index is 361. The van der Waals surface area contributed by atoms with Crippen LogP contribution in [0, 0.1) is 5.92 Å². The summed E-state index contributed by atoms with van der Waals surface area (Å²) in [7, 11) is 0. The fourth-order valence-electron chi connectivity index (χ4n) is 2.91. The van der Waals surface area contributed by atoms with Crippen LogP contribution in [0.25, 0.3) is 0 Å². The van der Waals surface area contributed by atoms with Crippen LogP contribution in [0.1, 0.15) is 39.0 Å². The quantitative estimate of drug-likeness (QED) is 0.739. The maximum absolute atomic E-state index is 12.1. The van der Waals surface area contributed by atoms with Gasteiger partial charge in [0, 0.05) is 5.92 Å². The Kier molecular flexibility index (Phi) is 4.11. The van der Waals surface area contributed by atoms with Crippen molar-refractivity contribution in [1.82, 2.24) is 10.2 Å². The van der Waals surface area contributed by atoms with Crippen LogP contribution in [0.4, 0.5) is 0 Å². The molecular formula is C13H20N2O3. The molecule has 1 atom stereocenters. The van der Waals surface area contributed by atoms with Crippen molar-refractivity contribution in [1.29, 1.82) is 0 Å². The van der Waals surface area contributed by atoms with Crippen molar-refractivity contribution in [3.05, 3.63) is 0 Å². The molecule has 1 aliphatic heterocycles. The molecule has 0 bridgehead atoms. The van der Waals surface area contributed by atoms with Crippen LogP contribution in [-0.2, 0) is 14.4 Å². The zero-order chi connectivity index (χ0) is 13.1. The van der Waals surface area contributed by atoms with E-state index in [4.69, 9.17) is 0 Å². The Balaban J connectivity index is 1.98. The van der Waals surface area contributed by atoms with Gasteiger partial charge in [0.1, 0.15) is 5.78 Å². The summed E-state index contributed by atoms with van der Waals surface area (Å²) in [6.45, 7) is 2.29. The molecule has 5 heteroatoms. The number of nitrogens with zero attached hydrogens (tertiary/aromatic N) is 1. The zero-order valence-corrected chi connectivity index (χ0v) is 10.8. The maximum atomic E-state index is 12.1. The average Bonchev–Trinajstić information content (AvgIpc) is 2.81. The molecule has 1 saturated heterocycles. The van der Waals surface area contributed by atoms with Gasteiger partial charge in [-0.05, 0) is 19.3 Å². The molecule has 0 radical (unpaired) electrons. The highest BCUT2D eigenvalue weighted by Crippen LogP contribution is 2.26. The molecule has 5 nitrogen and oxygen atoms in total. The molecule has 0 aromatic heterocycles. The summed E-state index contributed by atoms with van der Waals surface area (Å²) < 4.78 is 0. The van der Waals surface area contributed by atoms with Gasteiger partial charge in [0.2, 0.25) is 11.8 Å². The van der Waals surface area contributed by atoms with Crippen LogP contribution in [-0.4, -0.2) is 41.6 Å². The monoisotopic (exact) mass is 252 g/mol. The van der Waals surface area contributed by atoms with Crippen LogP contribution >= 0.6 is 0 Å². The van der Waals surface area contributed by atoms with E-state index in [1.54, 1.807) is 4.90 Å². The van der Waals surface area contributed by atoms with Crippen LogP contribution in [0.3, 0.4) is 0 Å². The third-order valence-corrected chi connectivity index (χ3v) is 3.91. The number of amides is 2. The van der Waals surface area contributed by atoms with Crippen molar-refractivity contribution in [3.8, 4) is 0 Å². The third-order valence-electron chi connectivity index (χ3n) is 3.91. The number of carbonyl (C=O) groups is 3. The number of Topliss-reactive ketones (excluding diaryl/α,β-unsaturated/α-hetero) is 1. The Morgan fingerprint density at radius 2 is 2.00 bits per heavy atom. The fraction of sp³-hybridized carbons (Fsp3) is 0.769. The number of carbonyl (C=O) groups excluding carboxylic acids is 3. The topological polar surface area (TPSA) is 66.5 Å². The summed E-state index contributed by atoms with van der Waals surface area (Å²) in [6, 6.07) is -0.340. The Morgan fingerprint density at radius 3 is 2.61 bits per heavy atom. The number of nitrogens with one attached hydrogen (secondary N) is 1. The van der Waals surface area contributed by atoms with Crippen LogP contribution < -0.4 is 5.32 Å². The first-order valence-electron chi connectivity index (χ1n) is 6.72. The molecular weight excluding hydrogens is 232 g/mol. The van der Waals surface area contributed by atoms with Crippen molar-refractivity contribution in [2.45, 2.75) is 45.1 Å². The highest BCUT2D eigenvalue weighted by molar-refractivity contribution is 6.01. The highest BCUT2D eigenvalue weighted by atomic mass is 16.2. The van der Waals surface area contributed by atoms with E-state index < -0.39 is 0 Å². The minimum atomic E-state index is -0.340. The van der Waals surface area contributed by atoms with E-state index >= 15 is 0 Å². The van der Waals surface area contributed by atoms with E-state index in [9.17, 15) is 14.4 Å². The summed E-state index contributed by atoms with van der Waals surface area (Å²) in [5.74, 6) is -0.243. The number of rotatable bonds is 4. The molecule has 2 aliphatic rings. The van der Waals surface area contributed by atoms with Crippen molar-refractivity contribution in [2.75, 3.05) is 13.1 Å². The molecule has 2 rings (SSSR count). The predicted molar refractivity (Wildman–Crippen MR) is 65.8 cm³/mol. The van der Waals surface area contributed by atoms with Gasteiger partial charge in [-0.15, -0.1) is 0 Å². The SMILES string of the molecule is CCC1C(=O)NC(=O)CN1CC(=O)C1CCCC1. The summed E-state index contributed by atoms with van der Waals surface area (Å²) in [5.41, 5.74) is 0. The van der Waals surface area contributed by atoms with Crippen molar-refractivity contribution < 1.29 is 14.4 Å². The minimum absolute atomic E-state index is 0.141. The first kappa shape index (κ1) is 13.2. The first-order valence-corrected chi connectivity index (χ1v) is 6.72. The van der Waals surface area contributed by atoms with E-state index in [1.165, 1.54) is 0 Å². The number of piperazine rings is 1. The fourth-order valence-corrected chi connectivity index (χ4v) is 2.91. The third kappa shape index (κ3) is 2.77. The predicted octanol–water partition coefficient (Wildman–Crippen LogP) is 0.483. The van der Waals surface area contributed by atoms with Crippen LogP contribution in [0.15, 0.2) is 0 Å². The molecule has 0 aromatic carbocycles. The number of hydrogen-bond donors (Lipinski definition) is 1. The lowest BCUT2D eigenvalue weighted by atomic mass is 10.0. The van der Waals surface area contributed by atoms with Gasteiger partial charge in [-0.25, -0.2) is 0 Å². The van der Waals surface area contributed by atoms with E-state index in [1.807, 2.05) is 6.92 Å². The summed E-state index contributed by atoms with van der Waals surface area (Å²) in [4.78, 5) is 36.9. The second-order valence-corrected chi connectivity index (χ2v) is 5.19. The van der Waals surface area contributed by atoms with Gasteiger partial charge in [-0.3, -0.25) is 24.6 Å². The van der Waals surface area contributed by atoms with Gasteiger partial charge in [-0.1, -0.05) is 19.8 Å². The summed E-state index contributed by atoms with van der Waals surface area (Å²) in [5, 5.41) is 2.32. The van der Waals surface area contributed by atoms with Crippen molar-refractivity contribution in [3.63, 3.8) is 0 Å². The largest absolute Gasteiger partial charge is 0.298 e. The van der Waals surface area contributed by atoms with Gasteiger partial charge in [-0.2, -0.15) is 0 Å². The van der Waals surface area contributed by atoms with Gasteiger partial charge in [0.25, 0.3) is 0 Å². The highest BCUT2D eigenvalue weighted by Gasteiger charge is 2.34. The van der Waals surface area contributed by atoms with Crippen LogP contribution in [0.5, 0.6) is 0 Å². The van der Waals surface area contributed by atoms with Crippen molar-refractivity contribution in [2.24, 2.45) is 5.92 Å². The Morgan fingerprint density at radius 1 is 1.33 bits per heavy atom. The van der Waals surface area contributed by atoms with Gasteiger partial charge < -0.3 is 0 Å². The number of imide groups is 1. The van der Waals surface area contributed by atoms with E-state index in [0.29, 0.717) is 6.42 Å². The van der Waals surface area contributed by atoms with Gasteiger partial charge in [0.15, 0.2) is 0 Å². The van der Waals surface area contributed by atoms with Crippen molar-refractivity contribution >= 4 is 17.6 Å². The lowest BCUT2D eigenvalue weighted by Crippen LogP contribution is -2.59. The van der Waals surface area contributed by atoms with Gasteiger partial charge >= 0.3 is 0 Å². The Hall–Kier alpha value is -1.23. The lowest BCUT2D eigenvalue weighted by molar-refractivity contribution is -0.141. The smallest absolute Gasteiger partial charge is 0.243 e. The van der Waals surface area contributed by atoms with E-state index in [2.05, 4.69) is 5.32 Å². The molecule has 0 spiro atoms. The standard InChI is InChI=1S/C13H20N2O3/c1-2-10-13(18)14-12(17)8-15(10)7-11(16)9-5-3-4-6-9/h9-10H,2-8H2,1H3,(H,14,17,18). The minimum Gasteiger partial charge on any atom is -0.298 e. The molecule has 1 heterocycles. The molecule has 1 N–H and O–H groups in total. The average molecular weight is 252 g/mol. The first-order chi connectivity index (χ1) is 8.61. The molecule has 1 saturated carbocycles. The summed E-state index contributed by atoms with van der Waals surface area (Å²) >= 11 is 0. The molecule has 18 heavy (non-hydrogen) atoms. The molecule has 0 aromatic rings.